The van der Waals surface area contributed by atoms with Gasteiger partial charge in [0.05, 0.1) is 0 Å². The Balaban J connectivity index is 0.000000791. The molecule has 1 aliphatic heterocycles. The largest absolute Gasteiger partial charge is 0.373 e. The molecule has 2 nitrogen and oxygen atoms in total. The van der Waals surface area contributed by atoms with E-state index in [1.165, 1.54) is 18.8 Å². The zero-order chi connectivity index (χ0) is 11.1. The molecule has 84 valence electrons. The minimum absolute atomic E-state index is 0.692. The maximum Gasteiger partial charge on any atom is 0.0303 e. The highest BCUT2D eigenvalue weighted by molar-refractivity contribution is 4.91. The van der Waals surface area contributed by atoms with Crippen molar-refractivity contribution in [3.63, 3.8) is 0 Å². The van der Waals surface area contributed by atoms with E-state index in [-0.39, 0.29) is 0 Å². The summed E-state index contributed by atoms with van der Waals surface area (Å²) < 4.78 is 0. The molecule has 1 fully saturated rings. The molecule has 14 heavy (non-hydrogen) atoms. The summed E-state index contributed by atoms with van der Waals surface area (Å²) in [7, 11) is 0. The van der Waals surface area contributed by atoms with Gasteiger partial charge in [-0.05, 0) is 20.8 Å². The normalized spacial score (nSPS) is 17.7. The molecule has 0 N–H and O–H groups in total. The van der Waals surface area contributed by atoms with Gasteiger partial charge in [0.2, 0.25) is 0 Å². The Morgan fingerprint density at radius 3 is 1.79 bits per heavy atom. The first-order chi connectivity index (χ1) is 6.61. The SMILES string of the molecule is C=C(C)N1CCN(C(C)C)CC1.CC. The van der Waals surface area contributed by atoms with Crippen LogP contribution in [0.15, 0.2) is 12.3 Å². The minimum Gasteiger partial charge on any atom is -0.373 e. The summed E-state index contributed by atoms with van der Waals surface area (Å²) in [6, 6.07) is 0.692. The van der Waals surface area contributed by atoms with Crippen LogP contribution in [-0.4, -0.2) is 42.0 Å². The highest BCUT2D eigenvalue weighted by Gasteiger charge is 2.17. The summed E-state index contributed by atoms with van der Waals surface area (Å²) in [5.74, 6) is 0. The lowest BCUT2D eigenvalue weighted by Crippen LogP contribution is -2.47. The summed E-state index contributed by atoms with van der Waals surface area (Å²) in [6.07, 6.45) is 0. The number of rotatable bonds is 2. The molecule has 0 unspecified atom stereocenters. The van der Waals surface area contributed by atoms with Crippen molar-refractivity contribution in [2.75, 3.05) is 26.2 Å². The van der Waals surface area contributed by atoms with Gasteiger partial charge in [-0.3, -0.25) is 4.90 Å². The first-order valence-corrected chi connectivity index (χ1v) is 5.75. The van der Waals surface area contributed by atoms with Gasteiger partial charge in [0.15, 0.2) is 0 Å². The number of hydrogen-bond acceptors (Lipinski definition) is 2. The van der Waals surface area contributed by atoms with Gasteiger partial charge < -0.3 is 4.90 Å². The highest BCUT2D eigenvalue weighted by Crippen LogP contribution is 2.09. The number of hydrogen-bond donors (Lipinski definition) is 0. The van der Waals surface area contributed by atoms with Crippen molar-refractivity contribution in [2.24, 2.45) is 0 Å². The van der Waals surface area contributed by atoms with E-state index < -0.39 is 0 Å². The van der Waals surface area contributed by atoms with Crippen molar-refractivity contribution >= 4 is 0 Å². The van der Waals surface area contributed by atoms with Gasteiger partial charge in [0, 0.05) is 37.9 Å². The molecular formula is C12H26N2. The fourth-order valence-electron chi connectivity index (χ4n) is 1.62. The average Bonchev–Trinajstić information content (AvgIpc) is 2.21. The lowest BCUT2D eigenvalue weighted by molar-refractivity contribution is 0.130. The molecule has 0 aromatic rings. The average molecular weight is 198 g/mol. The summed E-state index contributed by atoms with van der Waals surface area (Å²) in [5, 5.41) is 0. The van der Waals surface area contributed by atoms with E-state index in [0.29, 0.717) is 6.04 Å². The molecule has 1 saturated heterocycles. The fraction of sp³-hybridized carbons (Fsp3) is 0.833. The molecule has 0 atom stereocenters. The van der Waals surface area contributed by atoms with Crippen LogP contribution in [0, 0.1) is 0 Å². The zero-order valence-corrected chi connectivity index (χ0v) is 10.5. The quantitative estimate of drug-likeness (QED) is 0.673. The fourth-order valence-corrected chi connectivity index (χ4v) is 1.62. The Hall–Kier alpha value is -0.500. The molecule has 2 heteroatoms. The van der Waals surface area contributed by atoms with Crippen molar-refractivity contribution in [1.29, 1.82) is 0 Å². The summed E-state index contributed by atoms with van der Waals surface area (Å²) >= 11 is 0. The Morgan fingerprint density at radius 1 is 1.07 bits per heavy atom. The summed E-state index contributed by atoms with van der Waals surface area (Å²) in [5.41, 5.74) is 1.21. The minimum atomic E-state index is 0.692. The molecule has 0 saturated carbocycles. The zero-order valence-electron chi connectivity index (χ0n) is 10.5. The van der Waals surface area contributed by atoms with Crippen LogP contribution in [0.1, 0.15) is 34.6 Å². The van der Waals surface area contributed by atoms with Gasteiger partial charge >= 0.3 is 0 Å². The van der Waals surface area contributed by atoms with Gasteiger partial charge in [0.1, 0.15) is 0 Å². The van der Waals surface area contributed by atoms with Crippen LogP contribution in [0.4, 0.5) is 0 Å². The van der Waals surface area contributed by atoms with Gasteiger partial charge in [0.25, 0.3) is 0 Å². The molecule has 0 aliphatic carbocycles. The highest BCUT2D eigenvalue weighted by atomic mass is 15.3. The molecule has 0 spiro atoms. The van der Waals surface area contributed by atoms with Gasteiger partial charge in [-0.15, -0.1) is 0 Å². The second-order valence-corrected chi connectivity index (χ2v) is 3.85. The van der Waals surface area contributed by atoms with Crippen molar-refractivity contribution in [3.8, 4) is 0 Å². The standard InChI is InChI=1S/C10H20N2.C2H6/c1-9(2)11-5-7-12(8-6-11)10(3)4;1-2/h10H,1,5-8H2,2-4H3;1-2H3. The van der Waals surface area contributed by atoms with E-state index >= 15 is 0 Å². The van der Waals surface area contributed by atoms with Gasteiger partial charge in [-0.1, -0.05) is 20.4 Å². The second kappa shape index (κ2) is 6.88. The predicted octanol–water partition coefficient (Wildman–Crippen LogP) is 2.57. The van der Waals surface area contributed by atoms with Gasteiger partial charge in [-0.25, -0.2) is 0 Å². The molecule has 0 aromatic heterocycles. The van der Waals surface area contributed by atoms with E-state index in [0.717, 1.165) is 13.1 Å². The molecule has 0 bridgehead atoms. The van der Waals surface area contributed by atoms with Crippen LogP contribution in [0.5, 0.6) is 0 Å². The first-order valence-electron chi connectivity index (χ1n) is 5.75. The van der Waals surface area contributed by atoms with E-state index in [1.54, 1.807) is 0 Å². The predicted molar refractivity (Wildman–Crippen MR) is 64.4 cm³/mol. The maximum absolute atomic E-state index is 3.96. The Labute approximate surface area is 89.6 Å². The molecule has 1 rings (SSSR count). The van der Waals surface area contributed by atoms with E-state index in [4.69, 9.17) is 0 Å². The smallest absolute Gasteiger partial charge is 0.0303 e. The summed E-state index contributed by atoms with van der Waals surface area (Å²) in [4.78, 5) is 4.87. The molecule has 1 aliphatic rings. The number of allylic oxidation sites excluding steroid dienone is 1. The third-order valence-electron chi connectivity index (χ3n) is 2.58. The van der Waals surface area contributed by atoms with Crippen LogP contribution in [0.25, 0.3) is 0 Å². The number of nitrogens with zero attached hydrogens (tertiary/aromatic N) is 2. The topological polar surface area (TPSA) is 6.48 Å². The first kappa shape index (κ1) is 13.5. The van der Waals surface area contributed by atoms with Gasteiger partial charge in [-0.2, -0.15) is 0 Å². The Morgan fingerprint density at radius 2 is 1.50 bits per heavy atom. The second-order valence-electron chi connectivity index (χ2n) is 3.85. The molecule has 1 heterocycles. The van der Waals surface area contributed by atoms with Crippen LogP contribution >= 0.6 is 0 Å². The van der Waals surface area contributed by atoms with Crippen LogP contribution < -0.4 is 0 Å². The van der Waals surface area contributed by atoms with Crippen LogP contribution in [0.2, 0.25) is 0 Å². The third-order valence-corrected chi connectivity index (χ3v) is 2.58. The maximum atomic E-state index is 3.96. The van der Waals surface area contributed by atoms with E-state index in [9.17, 15) is 0 Å². The Kier molecular flexibility index (Phi) is 6.64. The van der Waals surface area contributed by atoms with Crippen molar-refractivity contribution in [3.05, 3.63) is 12.3 Å². The number of piperazine rings is 1. The molecule has 0 radical (unpaired) electrons. The van der Waals surface area contributed by atoms with Crippen LogP contribution in [-0.2, 0) is 0 Å². The van der Waals surface area contributed by atoms with Crippen molar-refractivity contribution in [1.82, 2.24) is 9.80 Å². The van der Waals surface area contributed by atoms with E-state index in [2.05, 4.69) is 37.1 Å². The molecule has 0 amide bonds. The molecular weight excluding hydrogens is 172 g/mol. The lowest BCUT2D eigenvalue weighted by Gasteiger charge is -2.38. The summed E-state index contributed by atoms with van der Waals surface area (Å²) in [6.45, 7) is 19.2. The third kappa shape index (κ3) is 4.14. The van der Waals surface area contributed by atoms with Crippen molar-refractivity contribution in [2.45, 2.75) is 40.7 Å². The monoisotopic (exact) mass is 198 g/mol. The van der Waals surface area contributed by atoms with E-state index in [1.807, 2.05) is 13.8 Å². The lowest BCUT2D eigenvalue weighted by atomic mass is 10.2. The molecule has 0 aromatic carbocycles. The van der Waals surface area contributed by atoms with Crippen molar-refractivity contribution < 1.29 is 0 Å². The van der Waals surface area contributed by atoms with Crippen LogP contribution in [0.3, 0.4) is 0 Å². The Bertz CT molecular complexity index is 156.